The van der Waals surface area contributed by atoms with Gasteiger partial charge in [-0.2, -0.15) is 0 Å². The molecule has 0 fully saturated rings. The van der Waals surface area contributed by atoms with E-state index in [9.17, 15) is 47.9 Å². The highest BCUT2D eigenvalue weighted by atomic mass is 16.7. The Kier molecular flexibility index (Phi) is 21.1. The molecule has 9 atom stereocenters. The molecule has 0 rings (SSSR count). The van der Waals surface area contributed by atoms with Crippen molar-refractivity contribution in [2.45, 2.75) is 125 Å². The number of ether oxygens (including phenoxy) is 10. The number of esters is 10. The smallest absolute Gasteiger partial charge is 0.347 e. The quantitative estimate of drug-likeness (QED) is 0.0874. The van der Waals surface area contributed by atoms with Crippen LogP contribution in [0.5, 0.6) is 0 Å². The Balaban J connectivity index is 4.62. The Labute approximate surface area is 312 Å². The van der Waals surface area contributed by atoms with E-state index >= 15 is 0 Å². The van der Waals surface area contributed by atoms with Gasteiger partial charge in [-0.1, -0.05) is 20.8 Å². The van der Waals surface area contributed by atoms with E-state index in [-0.39, 0.29) is 0 Å². The van der Waals surface area contributed by atoms with Crippen LogP contribution in [0.2, 0.25) is 0 Å². The molecule has 304 valence electrons. The SMILES string of the molecule is [CH]C(C)C(=O)OC(C)C(=O)OC(C)C(=O)OC(C)C(=O)OC(C)C(=O)OCCOC(=O)C(C)OC(=O)C(C)OC(=O)C(C)OC(=O)C(C)OC(=O)C(C)C. The molecule has 20 nitrogen and oxygen atoms in total. The molecule has 0 bridgehead atoms. The van der Waals surface area contributed by atoms with Gasteiger partial charge in [0.25, 0.3) is 0 Å². The van der Waals surface area contributed by atoms with E-state index in [1.54, 1.807) is 13.8 Å². The van der Waals surface area contributed by atoms with Crippen LogP contribution in [0.3, 0.4) is 0 Å². The molecule has 0 aromatic heterocycles. The summed E-state index contributed by atoms with van der Waals surface area (Å²) in [6.45, 7) is 18.0. The predicted molar refractivity (Wildman–Crippen MR) is 175 cm³/mol. The fourth-order valence-corrected chi connectivity index (χ4v) is 3.12. The molecule has 0 aliphatic heterocycles. The molecule has 0 saturated carbocycles. The van der Waals surface area contributed by atoms with Gasteiger partial charge in [0, 0.05) is 0 Å². The van der Waals surface area contributed by atoms with Crippen molar-refractivity contribution in [3.05, 3.63) is 6.92 Å². The molecule has 2 radical (unpaired) electrons. The van der Waals surface area contributed by atoms with Gasteiger partial charge in [0.05, 0.1) is 11.8 Å². The standard InChI is InChI=1S/C34H48O20/c1-15(2)25(35)47-19(7)29(39)51-23(11)33(43)53-21(9)31(41)49-17(5)27(37)45-13-14-46-28(38)18(6)50-32(42)22(10)54-34(44)24(12)52-30(40)20(8)48-26(36)16(3)4/h1,15-24H,13-14H2,2-12H3. The highest BCUT2D eigenvalue weighted by Gasteiger charge is 2.32. The summed E-state index contributed by atoms with van der Waals surface area (Å²) in [6, 6.07) is 0. The average molecular weight is 777 g/mol. The third-order valence-corrected chi connectivity index (χ3v) is 6.41. The van der Waals surface area contributed by atoms with Gasteiger partial charge in [-0.05, 0) is 62.3 Å². The summed E-state index contributed by atoms with van der Waals surface area (Å²) in [5.74, 6) is -11.9. The molecule has 0 amide bonds. The summed E-state index contributed by atoms with van der Waals surface area (Å²) in [5.41, 5.74) is 0. The first-order valence-electron chi connectivity index (χ1n) is 16.6. The van der Waals surface area contributed by atoms with Crippen molar-refractivity contribution >= 4 is 59.7 Å². The number of hydrogen-bond donors (Lipinski definition) is 0. The van der Waals surface area contributed by atoms with E-state index in [1.165, 1.54) is 20.8 Å². The summed E-state index contributed by atoms with van der Waals surface area (Å²) in [5, 5.41) is 0. The lowest BCUT2D eigenvalue weighted by atomic mass is 10.2. The van der Waals surface area contributed by atoms with Crippen LogP contribution in [-0.2, 0) is 95.3 Å². The van der Waals surface area contributed by atoms with E-state index < -0.39 is 134 Å². The first-order valence-corrected chi connectivity index (χ1v) is 16.6. The number of hydrogen-bond acceptors (Lipinski definition) is 20. The minimum Gasteiger partial charge on any atom is -0.459 e. The monoisotopic (exact) mass is 776 g/mol. The topological polar surface area (TPSA) is 263 Å². The minimum absolute atomic E-state index is 0.504. The molecule has 0 aromatic carbocycles. The zero-order valence-electron chi connectivity index (χ0n) is 31.9. The van der Waals surface area contributed by atoms with Crippen molar-refractivity contribution in [2.75, 3.05) is 13.2 Å². The maximum atomic E-state index is 12.3. The molecular formula is C34H48O20. The summed E-state index contributed by atoms with van der Waals surface area (Å²) < 4.78 is 48.8. The van der Waals surface area contributed by atoms with Crippen molar-refractivity contribution in [1.82, 2.24) is 0 Å². The number of rotatable bonds is 21. The molecule has 20 heteroatoms. The van der Waals surface area contributed by atoms with Gasteiger partial charge >= 0.3 is 59.7 Å². The summed E-state index contributed by atoms with van der Waals surface area (Å²) in [7, 11) is 0. The van der Waals surface area contributed by atoms with Gasteiger partial charge in [-0.25, -0.2) is 38.4 Å². The van der Waals surface area contributed by atoms with E-state index in [2.05, 4.69) is 0 Å². The molecule has 9 unspecified atom stereocenters. The maximum absolute atomic E-state index is 12.3. The molecule has 54 heavy (non-hydrogen) atoms. The number of carbonyl (C=O) groups is 10. The van der Waals surface area contributed by atoms with Crippen LogP contribution in [0.4, 0.5) is 0 Å². The third-order valence-electron chi connectivity index (χ3n) is 6.41. The van der Waals surface area contributed by atoms with Gasteiger partial charge in [-0.15, -0.1) is 0 Å². The van der Waals surface area contributed by atoms with Crippen molar-refractivity contribution in [2.24, 2.45) is 11.8 Å². The maximum Gasteiger partial charge on any atom is 0.347 e. The van der Waals surface area contributed by atoms with Crippen molar-refractivity contribution in [3.63, 3.8) is 0 Å². The lowest BCUT2D eigenvalue weighted by Gasteiger charge is -2.20. The van der Waals surface area contributed by atoms with Crippen molar-refractivity contribution in [3.8, 4) is 0 Å². The van der Waals surface area contributed by atoms with Crippen LogP contribution in [0.15, 0.2) is 0 Å². The van der Waals surface area contributed by atoms with Crippen LogP contribution in [0.1, 0.15) is 76.2 Å². The fraction of sp³-hybridized carbons (Fsp3) is 0.676. The lowest BCUT2D eigenvalue weighted by molar-refractivity contribution is -0.186. The van der Waals surface area contributed by atoms with E-state index in [4.69, 9.17) is 54.3 Å². The van der Waals surface area contributed by atoms with E-state index in [0.717, 1.165) is 41.5 Å². The summed E-state index contributed by atoms with van der Waals surface area (Å²) in [6.07, 6.45) is -11.8. The van der Waals surface area contributed by atoms with Crippen LogP contribution >= 0.6 is 0 Å². The zero-order chi connectivity index (χ0) is 42.0. The minimum atomic E-state index is -1.56. The molecule has 0 saturated heterocycles. The highest BCUT2D eigenvalue weighted by Crippen LogP contribution is 2.10. The normalized spacial score (nSPS) is 15.3. The Hall–Kier alpha value is -5.30. The van der Waals surface area contributed by atoms with Gasteiger partial charge < -0.3 is 47.4 Å². The molecule has 0 aliphatic rings. The van der Waals surface area contributed by atoms with Crippen LogP contribution in [0.25, 0.3) is 0 Å². The van der Waals surface area contributed by atoms with Crippen LogP contribution in [-0.4, -0.2) is 122 Å². The molecule has 0 spiro atoms. The third kappa shape index (κ3) is 18.0. The second-order valence-corrected chi connectivity index (χ2v) is 11.9. The van der Waals surface area contributed by atoms with Crippen LogP contribution in [0, 0.1) is 18.8 Å². The van der Waals surface area contributed by atoms with E-state index in [1.807, 2.05) is 0 Å². The lowest BCUT2D eigenvalue weighted by Crippen LogP contribution is -2.38. The molecular weight excluding hydrogens is 728 g/mol. The van der Waals surface area contributed by atoms with Gasteiger partial charge in [0.2, 0.25) is 0 Å². The predicted octanol–water partition coefficient (Wildman–Crippen LogP) is 0.530. The van der Waals surface area contributed by atoms with Gasteiger partial charge in [0.1, 0.15) is 13.2 Å². The average Bonchev–Trinajstić information content (AvgIpc) is 3.08. The molecule has 0 aliphatic carbocycles. The fourth-order valence-electron chi connectivity index (χ4n) is 3.12. The first-order chi connectivity index (χ1) is 24.9. The second-order valence-electron chi connectivity index (χ2n) is 11.9. The largest absolute Gasteiger partial charge is 0.459 e. The Morgan fingerprint density at radius 3 is 0.704 bits per heavy atom. The van der Waals surface area contributed by atoms with Crippen molar-refractivity contribution < 1.29 is 95.3 Å². The number of carbonyl (C=O) groups excluding carboxylic acids is 10. The molecule has 0 heterocycles. The Morgan fingerprint density at radius 1 is 0.315 bits per heavy atom. The first kappa shape index (κ1) is 48.7. The van der Waals surface area contributed by atoms with Crippen LogP contribution < -0.4 is 0 Å². The molecule has 0 N–H and O–H groups in total. The summed E-state index contributed by atoms with van der Waals surface area (Å²) >= 11 is 0. The highest BCUT2D eigenvalue weighted by molar-refractivity contribution is 5.87. The zero-order valence-corrected chi connectivity index (χ0v) is 31.9. The van der Waals surface area contributed by atoms with Crippen molar-refractivity contribution in [1.29, 1.82) is 0 Å². The Morgan fingerprint density at radius 2 is 0.500 bits per heavy atom. The summed E-state index contributed by atoms with van der Waals surface area (Å²) in [4.78, 5) is 121. The molecule has 0 aromatic rings. The second kappa shape index (κ2) is 23.4. The van der Waals surface area contributed by atoms with Gasteiger partial charge in [0.15, 0.2) is 48.8 Å². The van der Waals surface area contributed by atoms with E-state index in [0.29, 0.717) is 0 Å². The Bertz CT molecular complexity index is 1270. The van der Waals surface area contributed by atoms with Gasteiger partial charge in [-0.3, -0.25) is 9.59 Å².